The van der Waals surface area contributed by atoms with Crippen molar-refractivity contribution >= 4 is 23.0 Å². The number of hydrazone groups is 1. The minimum absolute atomic E-state index is 0.330. The van der Waals surface area contributed by atoms with Gasteiger partial charge in [0.2, 0.25) is 0 Å². The fraction of sp³-hybridized carbons (Fsp3) is 0.588. The van der Waals surface area contributed by atoms with Crippen LogP contribution in [0.25, 0.3) is 0 Å². The first kappa shape index (κ1) is 19.5. The minimum Gasteiger partial charge on any atom is -0.359 e. The molecule has 0 aliphatic rings. The van der Waals surface area contributed by atoms with Gasteiger partial charge in [0, 0.05) is 12.2 Å². The highest BCUT2D eigenvalue weighted by Crippen LogP contribution is 2.00. The number of pyridine rings is 1. The van der Waals surface area contributed by atoms with Crippen molar-refractivity contribution in [1.82, 2.24) is 20.6 Å². The van der Waals surface area contributed by atoms with Gasteiger partial charge < -0.3 is 10.2 Å². The van der Waals surface area contributed by atoms with E-state index in [-0.39, 0.29) is 0 Å². The molecule has 5 nitrogen and oxygen atoms in total. The average Bonchev–Trinajstić information content (AvgIpc) is 2.57. The molecular weight excluding hydrogens is 306 g/mol. The molecule has 0 saturated carbocycles. The second-order valence-electron chi connectivity index (χ2n) is 5.57. The van der Waals surface area contributed by atoms with Crippen molar-refractivity contribution in [2.75, 3.05) is 19.6 Å². The molecule has 128 valence electrons. The van der Waals surface area contributed by atoms with Crippen molar-refractivity contribution < 1.29 is 0 Å². The zero-order valence-corrected chi connectivity index (χ0v) is 15.5. The van der Waals surface area contributed by atoms with Gasteiger partial charge in [0.25, 0.3) is 0 Å². The number of hydrogen-bond acceptors (Lipinski definition) is 4. The lowest BCUT2D eigenvalue weighted by Crippen LogP contribution is -2.39. The van der Waals surface area contributed by atoms with Gasteiger partial charge in [0.05, 0.1) is 11.4 Å². The molecule has 1 rings (SSSR count). The number of hydrogen-bond donors (Lipinski definition) is 2. The molecule has 0 aliphatic carbocycles. The van der Waals surface area contributed by atoms with Crippen molar-refractivity contribution in [3.05, 3.63) is 30.1 Å². The molecule has 0 fully saturated rings. The van der Waals surface area contributed by atoms with Crippen LogP contribution in [0.3, 0.4) is 0 Å². The predicted molar refractivity (Wildman–Crippen MR) is 102 cm³/mol. The quantitative estimate of drug-likeness (QED) is 0.413. The van der Waals surface area contributed by atoms with Gasteiger partial charge in [-0.2, -0.15) is 5.10 Å². The Morgan fingerprint density at radius 1 is 1.35 bits per heavy atom. The Hall–Kier alpha value is -1.53. The van der Waals surface area contributed by atoms with Gasteiger partial charge in [-0.1, -0.05) is 19.9 Å². The van der Waals surface area contributed by atoms with Crippen LogP contribution in [0.4, 0.5) is 0 Å². The van der Waals surface area contributed by atoms with Crippen LogP contribution in [0.15, 0.2) is 29.5 Å². The lowest BCUT2D eigenvalue weighted by Gasteiger charge is -2.20. The molecule has 0 bridgehead atoms. The molecule has 1 unspecified atom stereocenters. The van der Waals surface area contributed by atoms with Gasteiger partial charge in [-0.25, -0.2) is 0 Å². The summed E-state index contributed by atoms with van der Waals surface area (Å²) in [6, 6.07) is 6.08. The number of thiocarbonyl (C=S) groups is 1. The summed E-state index contributed by atoms with van der Waals surface area (Å²) in [6.45, 7) is 11.8. The van der Waals surface area contributed by atoms with Gasteiger partial charge >= 0.3 is 0 Å². The van der Waals surface area contributed by atoms with Gasteiger partial charge in [-0.3, -0.25) is 10.4 Å². The molecule has 1 heterocycles. The average molecular weight is 336 g/mol. The molecule has 1 aromatic heterocycles. The molecule has 0 spiro atoms. The standard InChI is InChI=1S/C17H29N5S/c1-5-22(6-2)13-9-10-14(3)19-17(23)21-20-15(4)16-11-7-8-12-18-16/h7-8,11-12,14H,5-6,9-10,13H2,1-4H3,(H2,19,21,23)/b20-15+. The summed E-state index contributed by atoms with van der Waals surface area (Å²) in [5.41, 5.74) is 4.54. The Balaban J connectivity index is 2.30. The third kappa shape index (κ3) is 8.04. The highest BCUT2D eigenvalue weighted by atomic mass is 32.1. The normalized spacial score (nSPS) is 13.0. The summed E-state index contributed by atoms with van der Waals surface area (Å²) in [4.78, 5) is 6.69. The van der Waals surface area contributed by atoms with E-state index in [4.69, 9.17) is 12.2 Å². The first-order valence-electron chi connectivity index (χ1n) is 8.31. The first-order chi connectivity index (χ1) is 11.1. The van der Waals surface area contributed by atoms with Gasteiger partial charge in [-0.05, 0) is 70.7 Å². The van der Waals surface area contributed by atoms with Crippen LogP contribution in [0.5, 0.6) is 0 Å². The number of aromatic nitrogens is 1. The van der Waals surface area contributed by atoms with Gasteiger partial charge in [0.1, 0.15) is 0 Å². The van der Waals surface area contributed by atoms with Crippen LogP contribution in [0, 0.1) is 0 Å². The third-order valence-corrected chi connectivity index (χ3v) is 3.95. The van der Waals surface area contributed by atoms with Crippen LogP contribution >= 0.6 is 12.2 Å². The Bertz CT molecular complexity index is 485. The fourth-order valence-electron chi connectivity index (χ4n) is 2.26. The number of rotatable bonds is 9. The molecule has 1 atom stereocenters. The van der Waals surface area contributed by atoms with E-state index in [1.54, 1.807) is 6.20 Å². The summed E-state index contributed by atoms with van der Waals surface area (Å²) in [6.07, 6.45) is 4.00. The van der Waals surface area contributed by atoms with Gasteiger partial charge in [-0.15, -0.1) is 0 Å². The predicted octanol–water partition coefficient (Wildman–Crippen LogP) is 2.78. The molecule has 23 heavy (non-hydrogen) atoms. The van der Waals surface area contributed by atoms with Crippen molar-refractivity contribution in [1.29, 1.82) is 0 Å². The molecule has 6 heteroatoms. The van der Waals surface area contributed by atoms with Crippen LogP contribution < -0.4 is 10.7 Å². The molecule has 0 saturated heterocycles. The van der Waals surface area contributed by atoms with Gasteiger partial charge in [0.15, 0.2) is 5.11 Å². The summed E-state index contributed by atoms with van der Waals surface area (Å²) < 4.78 is 0. The van der Waals surface area contributed by atoms with Crippen LogP contribution in [-0.4, -0.2) is 46.4 Å². The van der Waals surface area contributed by atoms with E-state index in [1.807, 2.05) is 25.1 Å². The monoisotopic (exact) mass is 335 g/mol. The van der Waals surface area contributed by atoms with Crippen LogP contribution in [-0.2, 0) is 0 Å². The molecule has 1 aromatic rings. The number of nitrogens with zero attached hydrogens (tertiary/aromatic N) is 3. The summed E-state index contributed by atoms with van der Waals surface area (Å²) in [5.74, 6) is 0. The molecule has 0 radical (unpaired) electrons. The lowest BCUT2D eigenvalue weighted by molar-refractivity contribution is 0.292. The minimum atomic E-state index is 0.330. The van der Waals surface area contributed by atoms with E-state index < -0.39 is 0 Å². The highest BCUT2D eigenvalue weighted by Gasteiger charge is 2.06. The van der Waals surface area contributed by atoms with Crippen LogP contribution in [0.2, 0.25) is 0 Å². The largest absolute Gasteiger partial charge is 0.359 e. The van der Waals surface area contributed by atoms with E-state index in [0.29, 0.717) is 11.2 Å². The van der Waals surface area contributed by atoms with Crippen molar-refractivity contribution in [2.24, 2.45) is 5.10 Å². The summed E-state index contributed by atoms with van der Waals surface area (Å²) in [7, 11) is 0. The Labute approximate surface area is 145 Å². The maximum absolute atomic E-state index is 5.29. The number of nitrogens with one attached hydrogen (secondary N) is 2. The van der Waals surface area contributed by atoms with E-state index in [1.165, 1.54) is 0 Å². The molecule has 0 aliphatic heterocycles. The van der Waals surface area contributed by atoms with Crippen molar-refractivity contribution in [3.63, 3.8) is 0 Å². The van der Waals surface area contributed by atoms with E-state index in [2.05, 4.69) is 46.5 Å². The molecule has 0 amide bonds. The lowest BCUT2D eigenvalue weighted by atomic mass is 10.2. The Kier molecular flexibility index (Phi) is 9.40. The van der Waals surface area contributed by atoms with Crippen LogP contribution in [0.1, 0.15) is 46.2 Å². The van der Waals surface area contributed by atoms with E-state index >= 15 is 0 Å². The highest BCUT2D eigenvalue weighted by molar-refractivity contribution is 7.80. The molecule has 0 aromatic carbocycles. The topological polar surface area (TPSA) is 52.5 Å². The smallest absolute Gasteiger partial charge is 0.187 e. The maximum atomic E-state index is 5.29. The molecular formula is C17H29N5S. The van der Waals surface area contributed by atoms with E-state index in [0.717, 1.165) is 43.9 Å². The second-order valence-corrected chi connectivity index (χ2v) is 5.98. The summed E-state index contributed by atoms with van der Waals surface area (Å²) >= 11 is 5.29. The fourth-order valence-corrected chi connectivity index (χ4v) is 2.50. The first-order valence-corrected chi connectivity index (χ1v) is 8.72. The third-order valence-electron chi connectivity index (χ3n) is 3.74. The second kappa shape index (κ2) is 11.1. The van der Waals surface area contributed by atoms with Crippen molar-refractivity contribution in [3.8, 4) is 0 Å². The maximum Gasteiger partial charge on any atom is 0.187 e. The Morgan fingerprint density at radius 3 is 2.70 bits per heavy atom. The van der Waals surface area contributed by atoms with E-state index in [9.17, 15) is 0 Å². The summed E-state index contributed by atoms with van der Waals surface area (Å²) in [5, 5.41) is 8.10. The zero-order valence-electron chi connectivity index (χ0n) is 14.7. The Morgan fingerprint density at radius 2 is 2.09 bits per heavy atom. The SMILES string of the molecule is CCN(CC)CCCC(C)NC(=S)N/N=C(\C)c1ccccn1. The zero-order chi connectivity index (χ0) is 17.1. The molecule has 2 N–H and O–H groups in total. The van der Waals surface area contributed by atoms with Crippen molar-refractivity contribution in [2.45, 2.75) is 46.6 Å².